The van der Waals surface area contributed by atoms with Crippen molar-refractivity contribution in [1.29, 1.82) is 0 Å². The first-order valence-electron chi connectivity index (χ1n) is 8.30. The first-order valence-corrected chi connectivity index (χ1v) is 8.30. The maximum atomic E-state index is 12.3. The van der Waals surface area contributed by atoms with E-state index >= 15 is 0 Å². The molecule has 1 saturated carbocycles. The van der Waals surface area contributed by atoms with Crippen molar-refractivity contribution in [3.8, 4) is 0 Å². The fourth-order valence-electron chi connectivity index (χ4n) is 2.98. The van der Waals surface area contributed by atoms with Gasteiger partial charge in [0.25, 0.3) is 0 Å². The van der Waals surface area contributed by atoms with Crippen molar-refractivity contribution in [1.82, 2.24) is 0 Å². The van der Waals surface area contributed by atoms with Crippen LogP contribution in [0.5, 0.6) is 0 Å². The molecule has 0 saturated heterocycles. The van der Waals surface area contributed by atoms with Crippen molar-refractivity contribution in [2.24, 2.45) is 0 Å². The zero-order chi connectivity index (χ0) is 18.4. The van der Waals surface area contributed by atoms with Crippen molar-refractivity contribution in [3.63, 3.8) is 0 Å². The first-order chi connectivity index (χ1) is 11.9. The highest BCUT2D eigenvalue weighted by molar-refractivity contribution is 6.03. The van der Waals surface area contributed by atoms with Gasteiger partial charge < -0.3 is 14.9 Å². The van der Waals surface area contributed by atoms with Gasteiger partial charge in [-0.2, -0.15) is 0 Å². The Kier molecular flexibility index (Phi) is 6.33. The van der Waals surface area contributed by atoms with Crippen molar-refractivity contribution >= 4 is 23.5 Å². The summed E-state index contributed by atoms with van der Waals surface area (Å²) in [4.78, 5) is 34.9. The van der Waals surface area contributed by atoms with E-state index in [1.165, 1.54) is 0 Å². The second-order valence-corrected chi connectivity index (χ2v) is 6.27. The van der Waals surface area contributed by atoms with Crippen LogP contribution >= 0.6 is 0 Å². The van der Waals surface area contributed by atoms with Gasteiger partial charge in [-0.25, -0.2) is 4.79 Å². The molecule has 0 amide bonds. The summed E-state index contributed by atoms with van der Waals surface area (Å²) in [6.07, 6.45) is 2.62. The van der Waals surface area contributed by atoms with E-state index < -0.39 is 24.3 Å². The van der Waals surface area contributed by atoms with E-state index in [1.54, 1.807) is 24.3 Å². The second-order valence-electron chi connectivity index (χ2n) is 6.27. The van der Waals surface area contributed by atoms with Crippen molar-refractivity contribution in [2.75, 3.05) is 0 Å². The van der Waals surface area contributed by atoms with E-state index in [0.717, 1.165) is 31.2 Å². The maximum absolute atomic E-state index is 12.3. The van der Waals surface area contributed by atoms with Crippen LogP contribution in [0.4, 0.5) is 0 Å². The number of hydrogen-bond acceptors (Lipinski definition) is 4. The number of esters is 1. The minimum Gasteiger partial charge on any atom is -0.481 e. The topological polar surface area (TPSA) is 101 Å². The molecule has 2 rings (SSSR count). The zero-order valence-corrected chi connectivity index (χ0v) is 14.2. The van der Waals surface area contributed by atoms with Crippen LogP contribution in [0.15, 0.2) is 29.8 Å². The normalized spacial score (nSPS) is 15.6. The van der Waals surface area contributed by atoms with Crippen LogP contribution in [0.25, 0.3) is 5.57 Å². The number of hydrogen-bond donors (Lipinski definition) is 2. The molecule has 0 unspecified atom stereocenters. The summed E-state index contributed by atoms with van der Waals surface area (Å²) in [5.74, 6) is -3.12. The minimum absolute atomic E-state index is 0.125. The third-order valence-corrected chi connectivity index (χ3v) is 4.27. The van der Waals surface area contributed by atoms with Gasteiger partial charge in [0.05, 0.1) is 18.4 Å². The Morgan fingerprint density at radius 3 is 2.16 bits per heavy atom. The summed E-state index contributed by atoms with van der Waals surface area (Å²) in [7, 11) is 0. The fourth-order valence-corrected chi connectivity index (χ4v) is 2.98. The predicted molar refractivity (Wildman–Crippen MR) is 91.0 cm³/mol. The number of benzene rings is 1. The average molecular weight is 346 g/mol. The molecular weight excluding hydrogens is 324 g/mol. The lowest BCUT2D eigenvalue weighted by Crippen LogP contribution is -2.17. The molecule has 1 aromatic rings. The van der Waals surface area contributed by atoms with Gasteiger partial charge in [0.15, 0.2) is 0 Å². The molecule has 1 aromatic carbocycles. The van der Waals surface area contributed by atoms with Gasteiger partial charge in [0.2, 0.25) is 0 Å². The Morgan fingerprint density at radius 2 is 1.64 bits per heavy atom. The molecule has 0 radical (unpaired) electrons. The third-order valence-electron chi connectivity index (χ3n) is 4.27. The lowest BCUT2D eigenvalue weighted by Gasteiger charge is -2.15. The Bertz CT molecular complexity index is 680. The molecule has 134 valence electrons. The molecule has 1 fully saturated rings. The molecule has 0 bridgehead atoms. The summed E-state index contributed by atoms with van der Waals surface area (Å²) >= 11 is 0. The van der Waals surface area contributed by atoms with E-state index in [9.17, 15) is 19.5 Å². The van der Waals surface area contributed by atoms with Gasteiger partial charge in [-0.15, -0.1) is 0 Å². The molecule has 25 heavy (non-hydrogen) atoms. The summed E-state index contributed by atoms with van der Waals surface area (Å²) in [6.45, 7) is 1.89. The quantitative estimate of drug-likeness (QED) is 0.581. The highest BCUT2D eigenvalue weighted by Gasteiger charge is 2.24. The van der Waals surface area contributed by atoms with Gasteiger partial charge in [0.1, 0.15) is 6.10 Å². The SMILES string of the molecule is Cc1ccc(C(CC(=O)OC2CCCC2)=C(CC(=O)O)C(=O)O)cc1. The number of ether oxygens (including phenoxy) is 1. The molecular formula is C19H22O6. The molecule has 6 nitrogen and oxygen atoms in total. The molecule has 1 aliphatic rings. The molecule has 2 N–H and O–H groups in total. The van der Waals surface area contributed by atoms with Crippen LogP contribution in [0.3, 0.4) is 0 Å². The van der Waals surface area contributed by atoms with Crippen LogP contribution in [-0.2, 0) is 19.1 Å². The largest absolute Gasteiger partial charge is 0.481 e. The molecule has 0 atom stereocenters. The number of aliphatic carboxylic acids is 2. The minimum atomic E-state index is -1.34. The lowest BCUT2D eigenvalue weighted by molar-refractivity contribution is -0.147. The first kappa shape index (κ1) is 18.7. The number of carbonyl (C=O) groups excluding carboxylic acids is 1. The van der Waals surface area contributed by atoms with Gasteiger partial charge in [-0.3, -0.25) is 9.59 Å². The Morgan fingerprint density at radius 1 is 1.04 bits per heavy atom. The number of carboxylic acids is 2. The molecule has 0 heterocycles. The molecule has 1 aliphatic carbocycles. The van der Waals surface area contributed by atoms with Gasteiger partial charge in [-0.05, 0) is 43.7 Å². The van der Waals surface area contributed by atoms with Crippen LogP contribution < -0.4 is 0 Å². The van der Waals surface area contributed by atoms with Crippen molar-refractivity contribution in [3.05, 3.63) is 41.0 Å². The number of carbonyl (C=O) groups is 3. The summed E-state index contributed by atoms with van der Waals surface area (Å²) in [5, 5.41) is 18.5. The number of rotatable bonds is 7. The standard InChI is InChI=1S/C19H22O6/c1-12-6-8-13(9-7-12)15(16(19(23)24)10-17(20)21)11-18(22)25-14-4-2-3-5-14/h6-9,14H,2-5,10-11H2,1H3,(H,20,21)(H,23,24). The third kappa shape index (κ3) is 5.45. The van der Waals surface area contributed by atoms with Crippen LogP contribution in [-0.4, -0.2) is 34.2 Å². The molecule has 0 aliphatic heterocycles. The molecule has 0 aromatic heterocycles. The fraction of sp³-hybridized carbons (Fsp3) is 0.421. The molecule has 6 heteroatoms. The van der Waals surface area contributed by atoms with Crippen LogP contribution in [0, 0.1) is 6.92 Å². The Hall–Kier alpha value is -2.63. The van der Waals surface area contributed by atoms with Crippen LogP contribution in [0.1, 0.15) is 49.7 Å². The maximum Gasteiger partial charge on any atom is 0.332 e. The Labute approximate surface area is 146 Å². The number of carboxylic acid groups (broad SMARTS) is 2. The zero-order valence-electron chi connectivity index (χ0n) is 14.2. The lowest BCUT2D eigenvalue weighted by atomic mass is 9.94. The van der Waals surface area contributed by atoms with E-state index in [2.05, 4.69) is 0 Å². The Balaban J connectivity index is 2.32. The number of aryl methyl sites for hydroxylation is 1. The smallest absolute Gasteiger partial charge is 0.332 e. The summed E-state index contributed by atoms with van der Waals surface area (Å²) in [5.41, 5.74) is 1.40. The summed E-state index contributed by atoms with van der Waals surface area (Å²) in [6, 6.07) is 6.96. The van der Waals surface area contributed by atoms with Crippen molar-refractivity contribution in [2.45, 2.75) is 51.6 Å². The average Bonchev–Trinajstić information content (AvgIpc) is 3.04. The van der Waals surface area contributed by atoms with Gasteiger partial charge in [-0.1, -0.05) is 29.8 Å². The monoisotopic (exact) mass is 346 g/mol. The van der Waals surface area contributed by atoms with Crippen LogP contribution in [0.2, 0.25) is 0 Å². The highest BCUT2D eigenvalue weighted by atomic mass is 16.5. The van der Waals surface area contributed by atoms with Crippen molar-refractivity contribution < 1.29 is 29.3 Å². The van der Waals surface area contributed by atoms with E-state index in [0.29, 0.717) is 5.56 Å². The highest BCUT2D eigenvalue weighted by Crippen LogP contribution is 2.28. The van der Waals surface area contributed by atoms with Gasteiger partial charge in [0, 0.05) is 0 Å². The van der Waals surface area contributed by atoms with E-state index in [4.69, 9.17) is 9.84 Å². The van der Waals surface area contributed by atoms with E-state index in [1.807, 2.05) is 6.92 Å². The predicted octanol–water partition coefficient (Wildman–Crippen LogP) is 3.18. The summed E-state index contributed by atoms with van der Waals surface area (Å²) < 4.78 is 5.41. The molecule has 0 spiro atoms. The van der Waals surface area contributed by atoms with Gasteiger partial charge >= 0.3 is 17.9 Å². The second kappa shape index (κ2) is 8.46. The van der Waals surface area contributed by atoms with E-state index in [-0.39, 0.29) is 23.7 Å².